The lowest BCUT2D eigenvalue weighted by molar-refractivity contribution is -0.132. The van der Waals surface area contributed by atoms with E-state index in [4.69, 9.17) is 21.4 Å². The van der Waals surface area contributed by atoms with Crippen molar-refractivity contribution in [2.24, 2.45) is 0 Å². The highest BCUT2D eigenvalue weighted by atomic mass is 35.5. The summed E-state index contributed by atoms with van der Waals surface area (Å²) in [5.74, 6) is -0.451. The highest BCUT2D eigenvalue weighted by molar-refractivity contribution is 6.34. The molecule has 1 aromatic heterocycles. The second kappa shape index (κ2) is 11.9. The van der Waals surface area contributed by atoms with E-state index < -0.39 is 5.97 Å². The number of nitrogens with zero attached hydrogens (tertiary/aromatic N) is 3. The summed E-state index contributed by atoms with van der Waals surface area (Å²) in [4.78, 5) is 27.2. The standard InChI is InChI=1S/C34H31ClN4O3/c1-21-10-19-30(22(2)20-21)39-34(42-23(3)40)31(32(37-39)25-13-17-27(18-14-25)38(4)5)24-11-15-26(16-12-24)36-33(41)28-8-6-7-9-29(28)35/h6-20H,1-5H3,(H,36,41). The zero-order valence-electron chi connectivity index (χ0n) is 24.1. The largest absolute Gasteiger partial charge is 0.407 e. The molecule has 0 spiro atoms. The van der Waals surface area contributed by atoms with E-state index in [-0.39, 0.29) is 5.91 Å². The number of halogens is 1. The molecule has 7 nitrogen and oxygen atoms in total. The molecule has 0 bridgehead atoms. The van der Waals surface area contributed by atoms with Crippen LogP contribution in [0.25, 0.3) is 28.1 Å². The molecule has 5 aromatic rings. The van der Waals surface area contributed by atoms with Gasteiger partial charge in [0.15, 0.2) is 0 Å². The minimum absolute atomic E-state index is 0.307. The summed E-state index contributed by atoms with van der Waals surface area (Å²) in [6, 6.07) is 28.3. The van der Waals surface area contributed by atoms with Crippen LogP contribution in [0.5, 0.6) is 5.88 Å². The lowest BCUT2D eigenvalue weighted by Crippen LogP contribution is -2.12. The number of anilines is 2. The Bertz CT molecular complexity index is 1770. The third-order valence-electron chi connectivity index (χ3n) is 6.87. The van der Waals surface area contributed by atoms with Crippen molar-refractivity contribution in [3.8, 4) is 34.0 Å². The summed E-state index contributed by atoms with van der Waals surface area (Å²) < 4.78 is 7.56. The fourth-order valence-electron chi connectivity index (χ4n) is 4.78. The second-order valence-corrected chi connectivity index (χ2v) is 10.7. The highest BCUT2D eigenvalue weighted by Crippen LogP contribution is 2.42. The molecule has 1 heterocycles. The van der Waals surface area contributed by atoms with Crippen molar-refractivity contribution in [1.29, 1.82) is 0 Å². The molecule has 0 fully saturated rings. The number of hydrogen-bond donors (Lipinski definition) is 1. The smallest absolute Gasteiger partial charge is 0.309 e. The quantitative estimate of drug-likeness (QED) is 0.200. The average molecular weight is 579 g/mol. The molecular formula is C34H31ClN4O3. The van der Waals surface area contributed by atoms with Crippen molar-refractivity contribution in [1.82, 2.24) is 9.78 Å². The van der Waals surface area contributed by atoms with Crippen LogP contribution in [0.4, 0.5) is 11.4 Å². The third kappa shape index (κ3) is 5.92. The number of esters is 1. The van der Waals surface area contributed by atoms with E-state index in [1.807, 2.05) is 81.4 Å². The molecule has 1 N–H and O–H groups in total. The molecule has 212 valence electrons. The maximum Gasteiger partial charge on any atom is 0.309 e. The van der Waals surface area contributed by atoms with Gasteiger partial charge in [-0.1, -0.05) is 65.7 Å². The average Bonchev–Trinajstić information content (AvgIpc) is 3.31. The Labute approximate surface area is 250 Å². The summed E-state index contributed by atoms with van der Waals surface area (Å²) in [7, 11) is 3.97. The predicted molar refractivity (Wildman–Crippen MR) is 169 cm³/mol. The second-order valence-electron chi connectivity index (χ2n) is 10.3. The molecule has 4 aromatic carbocycles. The van der Waals surface area contributed by atoms with Crippen LogP contribution in [0.2, 0.25) is 5.02 Å². The van der Waals surface area contributed by atoms with Gasteiger partial charge in [-0.2, -0.15) is 9.78 Å². The SMILES string of the molecule is CC(=O)Oc1c(-c2ccc(NC(=O)c3ccccc3Cl)cc2)c(-c2ccc(N(C)C)cc2)nn1-c1ccc(C)cc1C. The van der Waals surface area contributed by atoms with Gasteiger partial charge in [-0.15, -0.1) is 0 Å². The Morgan fingerprint density at radius 3 is 2.17 bits per heavy atom. The first kappa shape index (κ1) is 28.6. The molecule has 0 aliphatic carbocycles. The van der Waals surface area contributed by atoms with Crippen LogP contribution in [0.1, 0.15) is 28.4 Å². The van der Waals surface area contributed by atoms with Gasteiger partial charge in [0.2, 0.25) is 5.88 Å². The van der Waals surface area contributed by atoms with E-state index in [0.29, 0.717) is 33.4 Å². The normalized spacial score (nSPS) is 10.8. The van der Waals surface area contributed by atoms with Gasteiger partial charge in [-0.05, 0) is 67.4 Å². The number of nitrogens with one attached hydrogen (secondary N) is 1. The highest BCUT2D eigenvalue weighted by Gasteiger charge is 2.25. The van der Waals surface area contributed by atoms with Crippen LogP contribution in [0, 0.1) is 13.8 Å². The van der Waals surface area contributed by atoms with E-state index in [9.17, 15) is 9.59 Å². The van der Waals surface area contributed by atoms with Crippen LogP contribution >= 0.6 is 11.6 Å². The number of carbonyl (C=O) groups is 2. The van der Waals surface area contributed by atoms with Crippen LogP contribution in [0.15, 0.2) is 91.0 Å². The summed E-state index contributed by atoms with van der Waals surface area (Å²) in [6.07, 6.45) is 0. The summed E-state index contributed by atoms with van der Waals surface area (Å²) in [5, 5.41) is 8.28. The zero-order chi connectivity index (χ0) is 30.0. The Kier molecular flexibility index (Phi) is 8.13. The van der Waals surface area contributed by atoms with Crippen molar-refractivity contribution < 1.29 is 14.3 Å². The van der Waals surface area contributed by atoms with E-state index in [2.05, 4.69) is 11.4 Å². The monoisotopic (exact) mass is 578 g/mol. The first-order chi connectivity index (χ1) is 20.1. The number of ether oxygens (including phenoxy) is 1. The van der Waals surface area contributed by atoms with Gasteiger partial charge < -0.3 is 15.0 Å². The molecule has 0 aliphatic rings. The van der Waals surface area contributed by atoms with Crippen molar-refractivity contribution in [3.05, 3.63) is 113 Å². The summed E-state index contributed by atoms with van der Waals surface area (Å²) in [6.45, 7) is 5.41. The number of benzene rings is 4. The third-order valence-corrected chi connectivity index (χ3v) is 7.20. The minimum atomic E-state index is -0.458. The number of hydrogen-bond acceptors (Lipinski definition) is 5. The van der Waals surface area contributed by atoms with Crippen LogP contribution in [-0.4, -0.2) is 35.8 Å². The minimum Gasteiger partial charge on any atom is -0.407 e. The fourth-order valence-corrected chi connectivity index (χ4v) is 5.00. The van der Waals surface area contributed by atoms with Gasteiger partial charge in [0.25, 0.3) is 5.91 Å². The Morgan fingerprint density at radius 2 is 1.55 bits per heavy atom. The lowest BCUT2D eigenvalue weighted by Gasteiger charge is -2.13. The molecule has 1 amide bonds. The predicted octanol–water partition coefficient (Wildman–Crippen LogP) is 7.72. The van der Waals surface area contributed by atoms with Crippen molar-refractivity contribution in [2.75, 3.05) is 24.3 Å². The molecule has 0 atom stereocenters. The maximum atomic E-state index is 12.8. The molecule has 0 radical (unpaired) electrons. The number of aromatic nitrogens is 2. The molecule has 0 saturated carbocycles. The molecule has 0 unspecified atom stereocenters. The molecular weight excluding hydrogens is 548 g/mol. The molecule has 0 saturated heterocycles. The molecule has 42 heavy (non-hydrogen) atoms. The van der Waals surface area contributed by atoms with E-state index in [0.717, 1.165) is 33.6 Å². The number of amides is 1. The van der Waals surface area contributed by atoms with E-state index in [1.165, 1.54) is 6.92 Å². The first-order valence-electron chi connectivity index (χ1n) is 13.5. The summed E-state index contributed by atoms with van der Waals surface area (Å²) in [5.41, 5.74) is 7.89. The van der Waals surface area contributed by atoms with Crippen LogP contribution in [0.3, 0.4) is 0 Å². The van der Waals surface area contributed by atoms with Crippen molar-refractivity contribution in [2.45, 2.75) is 20.8 Å². The van der Waals surface area contributed by atoms with Gasteiger partial charge in [0, 0.05) is 38.0 Å². The van der Waals surface area contributed by atoms with Gasteiger partial charge >= 0.3 is 5.97 Å². The lowest BCUT2D eigenvalue weighted by atomic mass is 10.0. The van der Waals surface area contributed by atoms with Gasteiger partial charge in [0.1, 0.15) is 5.69 Å². The van der Waals surface area contributed by atoms with Crippen molar-refractivity contribution in [3.63, 3.8) is 0 Å². The van der Waals surface area contributed by atoms with Gasteiger partial charge in [-0.3, -0.25) is 9.59 Å². The van der Waals surface area contributed by atoms with Crippen LogP contribution < -0.4 is 15.0 Å². The summed E-state index contributed by atoms with van der Waals surface area (Å²) >= 11 is 6.21. The van der Waals surface area contributed by atoms with Crippen LogP contribution in [-0.2, 0) is 4.79 Å². The van der Waals surface area contributed by atoms with Gasteiger partial charge in [-0.25, -0.2) is 0 Å². The first-order valence-corrected chi connectivity index (χ1v) is 13.8. The Morgan fingerprint density at radius 1 is 0.881 bits per heavy atom. The number of carbonyl (C=O) groups excluding carboxylic acids is 2. The zero-order valence-corrected chi connectivity index (χ0v) is 24.9. The maximum absolute atomic E-state index is 12.8. The number of rotatable bonds is 7. The van der Waals surface area contributed by atoms with E-state index in [1.54, 1.807) is 41.1 Å². The fraction of sp³-hybridized carbons (Fsp3) is 0.147. The van der Waals surface area contributed by atoms with Crippen molar-refractivity contribution >= 4 is 34.9 Å². The number of aryl methyl sites for hydroxylation is 2. The topological polar surface area (TPSA) is 76.5 Å². The molecule has 0 aliphatic heterocycles. The Hall–Kier alpha value is -4.88. The molecule has 5 rings (SSSR count). The van der Waals surface area contributed by atoms with E-state index >= 15 is 0 Å². The Balaban J connectivity index is 1.64. The molecule has 8 heteroatoms. The van der Waals surface area contributed by atoms with Gasteiger partial charge in [0.05, 0.1) is 21.8 Å².